The number of carbonyl (C=O) groups excluding carboxylic acids is 1. The molecule has 1 atom stereocenters. The van der Waals surface area contributed by atoms with Gasteiger partial charge in [0.15, 0.2) is 6.61 Å². The molecule has 1 N–H and O–H groups in total. The highest BCUT2D eigenvalue weighted by molar-refractivity contribution is 5.78. The summed E-state index contributed by atoms with van der Waals surface area (Å²) < 4.78 is 36.9. The van der Waals surface area contributed by atoms with E-state index in [9.17, 15) is 13.6 Å². The Morgan fingerprint density at radius 1 is 1.13 bits per heavy atom. The van der Waals surface area contributed by atoms with Crippen molar-refractivity contribution in [1.29, 1.82) is 0 Å². The van der Waals surface area contributed by atoms with Crippen molar-refractivity contribution in [3.63, 3.8) is 0 Å². The maximum absolute atomic E-state index is 13.6. The zero-order valence-corrected chi connectivity index (χ0v) is 12.8. The minimum Gasteiger partial charge on any atom is -0.497 e. The van der Waals surface area contributed by atoms with E-state index in [0.29, 0.717) is 11.5 Å². The van der Waals surface area contributed by atoms with Crippen LogP contribution in [0.2, 0.25) is 0 Å². The summed E-state index contributed by atoms with van der Waals surface area (Å²) in [6.45, 7) is 1.40. The summed E-state index contributed by atoms with van der Waals surface area (Å²) in [7, 11) is 1.55. The van der Waals surface area contributed by atoms with Crippen molar-refractivity contribution in [1.82, 2.24) is 5.32 Å². The van der Waals surface area contributed by atoms with E-state index in [1.54, 1.807) is 38.3 Å². The van der Waals surface area contributed by atoms with Gasteiger partial charge < -0.3 is 14.8 Å². The van der Waals surface area contributed by atoms with Crippen LogP contribution in [0.15, 0.2) is 42.5 Å². The van der Waals surface area contributed by atoms with Crippen LogP contribution in [-0.4, -0.2) is 19.6 Å². The van der Waals surface area contributed by atoms with Crippen molar-refractivity contribution in [2.45, 2.75) is 13.0 Å². The number of benzene rings is 2. The quantitative estimate of drug-likeness (QED) is 0.888. The Hall–Kier alpha value is -2.63. The van der Waals surface area contributed by atoms with E-state index < -0.39 is 23.6 Å². The van der Waals surface area contributed by atoms with Crippen LogP contribution in [0.5, 0.6) is 11.5 Å². The number of hydrogen-bond donors (Lipinski definition) is 1. The molecule has 0 fully saturated rings. The Morgan fingerprint density at radius 3 is 2.39 bits per heavy atom. The molecule has 0 aliphatic heterocycles. The summed E-state index contributed by atoms with van der Waals surface area (Å²) in [5.74, 6) is -0.567. The standard InChI is InChI=1S/C17H17F2NO3/c1-11(15-8-3-12(18)9-16(15)19)20-17(21)10-23-14-6-4-13(22-2)5-7-14/h3-9,11H,10H2,1-2H3,(H,20,21)/t11-/m0/s1. The van der Waals surface area contributed by atoms with Gasteiger partial charge in [0.2, 0.25) is 0 Å². The second-order valence-corrected chi connectivity index (χ2v) is 4.92. The molecule has 122 valence electrons. The van der Waals surface area contributed by atoms with Crippen LogP contribution in [0.1, 0.15) is 18.5 Å². The maximum atomic E-state index is 13.6. The van der Waals surface area contributed by atoms with Gasteiger partial charge in [-0.25, -0.2) is 8.78 Å². The molecule has 23 heavy (non-hydrogen) atoms. The molecule has 2 rings (SSSR count). The highest BCUT2D eigenvalue weighted by Crippen LogP contribution is 2.18. The molecule has 2 aromatic carbocycles. The Balaban J connectivity index is 1.88. The Morgan fingerprint density at radius 2 is 1.78 bits per heavy atom. The summed E-state index contributed by atoms with van der Waals surface area (Å²) in [4.78, 5) is 11.8. The number of carbonyl (C=O) groups is 1. The number of amides is 1. The number of nitrogens with one attached hydrogen (secondary N) is 1. The van der Waals surface area contributed by atoms with Crippen molar-refractivity contribution >= 4 is 5.91 Å². The Kier molecular flexibility index (Phi) is 5.51. The maximum Gasteiger partial charge on any atom is 0.258 e. The monoisotopic (exact) mass is 321 g/mol. The molecule has 0 unspecified atom stereocenters. The molecule has 0 aromatic heterocycles. The van der Waals surface area contributed by atoms with E-state index in [-0.39, 0.29) is 12.2 Å². The fraction of sp³-hybridized carbons (Fsp3) is 0.235. The van der Waals surface area contributed by atoms with E-state index in [1.165, 1.54) is 6.07 Å². The molecule has 0 radical (unpaired) electrons. The van der Waals surface area contributed by atoms with Gasteiger partial charge in [0.05, 0.1) is 13.2 Å². The van der Waals surface area contributed by atoms with Gasteiger partial charge >= 0.3 is 0 Å². The number of ether oxygens (including phenoxy) is 2. The molecular weight excluding hydrogens is 304 g/mol. The van der Waals surface area contributed by atoms with E-state index >= 15 is 0 Å². The third kappa shape index (κ3) is 4.67. The van der Waals surface area contributed by atoms with Gasteiger partial charge in [-0.2, -0.15) is 0 Å². The predicted octanol–water partition coefficient (Wildman–Crippen LogP) is 3.23. The molecule has 0 bridgehead atoms. The Labute approximate surface area is 133 Å². The molecule has 0 aliphatic rings. The molecule has 0 saturated heterocycles. The van der Waals surface area contributed by atoms with Crippen LogP contribution >= 0.6 is 0 Å². The first-order valence-corrected chi connectivity index (χ1v) is 7.00. The minimum atomic E-state index is -0.700. The first-order valence-electron chi connectivity index (χ1n) is 7.00. The lowest BCUT2D eigenvalue weighted by atomic mass is 10.1. The van der Waals surface area contributed by atoms with Gasteiger partial charge in [0.25, 0.3) is 5.91 Å². The van der Waals surface area contributed by atoms with Gasteiger partial charge in [-0.15, -0.1) is 0 Å². The van der Waals surface area contributed by atoms with Gasteiger partial charge in [-0.05, 0) is 37.3 Å². The summed E-state index contributed by atoms with van der Waals surface area (Å²) in [5.41, 5.74) is 0.212. The fourth-order valence-corrected chi connectivity index (χ4v) is 2.03. The van der Waals surface area contributed by atoms with Crippen molar-refractivity contribution in [3.8, 4) is 11.5 Å². The van der Waals surface area contributed by atoms with Crippen LogP contribution in [0.25, 0.3) is 0 Å². The van der Waals surface area contributed by atoms with Gasteiger partial charge in [0, 0.05) is 11.6 Å². The largest absolute Gasteiger partial charge is 0.497 e. The van der Waals surface area contributed by atoms with E-state index in [1.807, 2.05) is 0 Å². The molecule has 4 nitrogen and oxygen atoms in total. The molecule has 1 amide bonds. The summed E-state index contributed by atoms with van der Waals surface area (Å²) in [5, 5.41) is 2.60. The van der Waals surface area contributed by atoms with Crippen molar-refractivity contribution in [2.24, 2.45) is 0 Å². The molecule has 2 aromatic rings. The smallest absolute Gasteiger partial charge is 0.258 e. The van der Waals surface area contributed by atoms with E-state index in [4.69, 9.17) is 9.47 Å². The summed E-state index contributed by atoms with van der Waals surface area (Å²) in [6.07, 6.45) is 0. The first-order chi connectivity index (χ1) is 11.0. The highest BCUT2D eigenvalue weighted by atomic mass is 19.1. The number of methoxy groups -OCH3 is 1. The van der Waals surface area contributed by atoms with Crippen molar-refractivity contribution in [3.05, 3.63) is 59.7 Å². The van der Waals surface area contributed by atoms with Crippen LogP contribution in [-0.2, 0) is 4.79 Å². The lowest BCUT2D eigenvalue weighted by Crippen LogP contribution is -2.31. The predicted molar refractivity (Wildman–Crippen MR) is 81.4 cm³/mol. The van der Waals surface area contributed by atoms with Crippen LogP contribution < -0.4 is 14.8 Å². The molecule has 0 heterocycles. The van der Waals surface area contributed by atoms with Gasteiger partial charge in [-0.1, -0.05) is 6.07 Å². The fourth-order valence-electron chi connectivity index (χ4n) is 2.03. The third-order valence-electron chi connectivity index (χ3n) is 3.24. The average Bonchev–Trinajstić information content (AvgIpc) is 2.53. The number of rotatable bonds is 6. The topological polar surface area (TPSA) is 47.6 Å². The minimum absolute atomic E-state index is 0.209. The second kappa shape index (κ2) is 7.58. The zero-order valence-electron chi connectivity index (χ0n) is 12.8. The Bertz CT molecular complexity index is 674. The molecule has 6 heteroatoms. The lowest BCUT2D eigenvalue weighted by Gasteiger charge is -2.15. The van der Waals surface area contributed by atoms with E-state index in [2.05, 4.69) is 5.32 Å². The van der Waals surface area contributed by atoms with Crippen molar-refractivity contribution in [2.75, 3.05) is 13.7 Å². The third-order valence-corrected chi connectivity index (χ3v) is 3.24. The molecule has 0 aliphatic carbocycles. The number of hydrogen-bond acceptors (Lipinski definition) is 3. The highest BCUT2D eigenvalue weighted by Gasteiger charge is 2.14. The summed E-state index contributed by atoms with van der Waals surface area (Å²) >= 11 is 0. The lowest BCUT2D eigenvalue weighted by molar-refractivity contribution is -0.123. The van der Waals surface area contributed by atoms with Crippen molar-refractivity contribution < 1.29 is 23.0 Å². The molecular formula is C17H17F2NO3. The van der Waals surface area contributed by atoms with E-state index in [0.717, 1.165) is 12.1 Å². The second-order valence-electron chi connectivity index (χ2n) is 4.92. The average molecular weight is 321 g/mol. The van der Waals surface area contributed by atoms with Gasteiger partial charge in [0.1, 0.15) is 23.1 Å². The normalized spacial score (nSPS) is 11.7. The summed E-state index contributed by atoms with van der Waals surface area (Å²) in [6, 6.07) is 9.42. The van der Waals surface area contributed by atoms with Crippen LogP contribution in [0, 0.1) is 11.6 Å². The van der Waals surface area contributed by atoms with Crippen LogP contribution in [0.4, 0.5) is 8.78 Å². The molecule has 0 spiro atoms. The first kappa shape index (κ1) is 16.7. The SMILES string of the molecule is COc1ccc(OCC(=O)N[C@@H](C)c2ccc(F)cc2F)cc1. The molecule has 0 saturated carbocycles. The number of halogens is 2. The van der Waals surface area contributed by atoms with Crippen LogP contribution in [0.3, 0.4) is 0 Å². The van der Waals surface area contributed by atoms with Gasteiger partial charge in [-0.3, -0.25) is 4.79 Å². The zero-order chi connectivity index (χ0) is 16.8.